The van der Waals surface area contributed by atoms with E-state index in [9.17, 15) is 13.2 Å². The lowest BCUT2D eigenvalue weighted by atomic mass is 10.1. The summed E-state index contributed by atoms with van der Waals surface area (Å²) in [4.78, 5) is 0. The van der Waals surface area contributed by atoms with Crippen LogP contribution in [-0.4, -0.2) is 24.5 Å². The monoisotopic (exact) mass is 325 g/mol. The second kappa shape index (κ2) is 7.87. The Morgan fingerprint density at radius 2 is 1.52 bits per heavy atom. The number of aliphatic hydroxyl groups is 1. The van der Waals surface area contributed by atoms with E-state index in [0.717, 1.165) is 16.8 Å². The topological polar surface area (TPSA) is 41.5 Å². The van der Waals surface area contributed by atoms with Gasteiger partial charge in [-0.05, 0) is 41.8 Å². The molecule has 0 aliphatic carbocycles. The molecule has 0 saturated heterocycles. The highest BCUT2D eigenvalue weighted by atomic mass is 19.4. The van der Waals surface area contributed by atoms with Crippen LogP contribution in [0.5, 0.6) is 5.75 Å². The summed E-state index contributed by atoms with van der Waals surface area (Å²) < 4.78 is 40.8. The van der Waals surface area contributed by atoms with E-state index in [1.807, 2.05) is 24.3 Å². The number of rotatable bonds is 7. The van der Waals surface area contributed by atoms with Gasteiger partial charge in [0.15, 0.2) is 6.61 Å². The third-order valence-electron chi connectivity index (χ3n) is 3.18. The zero-order chi connectivity index (χ0) is 16.7. The van der Waals surface area contributed by atoms with Crippen LogP contribution in [0.4, 0.5) is 18.9 Å². The van der Waals surface area contributed by atoms with E-state index in [0.29, 0.717) is 13.0 Å². The zero-order valence-corrected chi connectivity index (χ0v) is 12.4. The average Bonchev–Trinajstić information content (AvgIpc) is 2.53. The molecule has 6 heteroatoms. The molecule has 2 aromatic rings. The Hall–Kier alpha value is -2.21. The Morgan fingerprint density at radius 1 is 0.913 bits per heavy atom. The molecule has 124 valence electrons. The minimum absolute atomic E-state index is 0.121. The third kappa shape index (κ3) is 6.20. The van der Waals surface area contributed by atoms with Gasteiger partial charge in [0.05, 0.1) is 0 Å². The largest absolute Gasteiger partial charge is 0.484 e. The maximum Gasteiger partial charge on any atom is 0.422 e. The van der Waals surface area contributed by atoms with E-state index >= 15 is 0 Å². The van der Waals surface area contributed by atoms with E-state index in [2.05, 4.69) is 10.1 Å². The molecule has 0 spiro atoms. The fourth-order valence-electron chi connectivity index (χ4n) is 1.99. The molecule has 0 aliphatic heterocycles. The lowest BCUT2D eigenvalue weighted by Gasteiger charge is -2.10. The molecule has 0 unspecified atom stereocenters. The van der Waals surface area contributed by atoms with Gasteiger partial charge in [-0.25, -0.2) is 0 Å². The fourth-order valence-corrected chi connectivity index (χ4v) is 1.99. The average molecular weight is 325 g/mol. The molecule has 0 aliphatic rings. The number of hydrogen-bond donors (Lipinski definition) is 2. The molecular formula is C17H18F3NO2. The van der Waals surface area contributed by atoms with Crippen molar-refractivity contribution < 1.29 is 23.0 Å². The highest BCUT2D eigenvalue weighted by Crippen LogP contribution is 2.19. The minimum atomic E-state index is -4.33. The quantitative estimate of drug-likeness (QED) is 0.814. The Balaban J connectivity index is 1.83. The van der Waals surface area contributed by atoms with Gasteiger partial charge in [0.2, 0.25) is 0 Å². The van der Waals surface area contributed by atoms with Gasteiger partial charge in [-0.1, -0.05) is 24.3 Å². The van der Waals surface area contributed by atoms with Gasteiger partial charge in [-0.2, -0.15) is 13.2 Å². The van der Waals surface area contributed by atoms with Gasteiger partial charge in [-0.3, -0.25) is 0 Å². The van der Waals surface area contributed by atoms with Crippen molar-refractivity contribution in [2.75, 3.05) is 18.5 Å². The number of aliphatic hydroxyl groups excluding tert-OH is 1. The highest BCUT2D eigenvalue weighted by Gasteiger charge is 2.28. The lowest BCUT2D eigenvalue weighted by molar-refractivity contribution is -0.153. The van der Waals surface area contributed by atoms with Crippen molar-refractivity contribution >= 4 is 5.69 Å². The molecule has 3 nitrogen and oxygen atoms in total. The van der Waals surface area contributed by atoms with Crippen LogP contribution in [0.2, 0.25) is 0 Å². The first-order chi connectivity index (χ1) is 11.0. The van der Waals surface area contributed by atoms with Gasteiger partial charge in [0, 0.05) is 18.8 Å². The van der Waals surface area contributed by atoms with E-state index in [1.54, 1.807) is 12.1 Å². The van der Waals surface area contributed by atoms with Crippen LogP contribution in [0.15, 0.2) is 48.5 Å². The van der Waals surface area contributed by atoms with Crippen molar-refractivity contribution in [3.63, 3.8) is 0 Å². The molecule has 0 heterocycles. The second-order valence-electron chi connectivity index (χ2n) is 5.07. The predicted octanol–water partition coefficient (Wildman–Crippen LogP) is 3.77. The van der Waals surface area contributed by atoms with Gasteiger partial charge >= 0.3 is 6.18 Å². The SMILES string of the molecule is OCCc1ccc(NCc2ccc(OCC(F)(F)F)cc2)cc1. The molecular weight excluding hydrogens is 307 g/mol. The number of halogens is 3. The number of nitrogens with one attached hydrogen (secondary N) is 1. The smallest absolute Gasteiger partial charge is 0.422 e. The Bertz CT molecular complexity index is 595. The van der Waals surface area contributed by atoms with E-state index in [1.165, 1.54) is 12.1 Å². The van der Waals surface area contributed by atoms with Crippen LogP contribution in [0.1, 0.15) is 11.1 Å². The van der Waals surface area contributed by atoms with Crippen molar-refractivity contribution in [3.05, 3.63) is 59.7 Å². The van der Waals surface area contributed by atoms with Crippen molar-refractivity contribution in [2.45, 2.75) is 19.1 Å². The van der Waals surface area contributed by atoms with Crippen molar-refractivity contribution in [1.29, 1.82) is 0 Å². The first-order valence-corrected chi connectivity index (χ1v) is 7.18. The van der Waals surface area contributed by atoms with E-state index in [4.69, 9.17) is 5.11 Å². The normalized spacial score (nSPS) is 11.3. The maximum absolute atomic E-state index is 12.1. The van der Waals surface area contributed by atoms with Crippen LogP contribution in [0.3, 0.4) is 0 Å². The lowest BCUT2D eigenvalue weighted by Crippen LogP contribution is -2.19. The van der Waals surface area contributed by atoms with Crippen LogP contribution < -0.4 is 10.1 Å². The molecule has 0 amide bonds. The first-order valence-electron chi connectivity index (χ1n) is 7.18. The van der Waals surface area contributed by atoms with E-state index < -0.39 is 12.8 Å². The minimum Gasteiger partial charge on any atom is -0.484 e. The van der Waals surface area contributed by atoms with Crippen LogP contribution in [-0.2, 0) is 13.0 Å². The summed E-state index contributed by atoms with van der Waals surface area (Å²) in [5.74, 6) is 0.194. The standard InChI is InChI=1S/C17H18F3NO2/c18-17(19,20)12-23-16-7-3-14(4-8-16)11-21-15-5-1-13(2-6-15)9-10-22/h1-8,21-22H,9-12H2. The highest BCUT2D eigenvalue weighted by molar-refractivity contribution is 5.45. The molecule has 23 heavy (non-hydrogen) atoms. The molecule has 0 radical (unpaired) electrons. The molecule has 2 aromatic carbocycles. The number of hydrogen-bond acceptors (Lipinski definition) is 3. The Kier molecular flexibility index (Phi) is 5.87. The number of alkyl halides is 3. The molecule has 0 saturated carbocycles. The number of benzene rings is 2. The fraction of sp³-hybridized carbons (Fsp3) is 0.294. The van der Waals surface area contributed by atoms with Crippen molar-refractivity contribution in [1.82, 2.24) is 0 Å². The summed E-state index contributed by atoms with van der Waals surface area (Å²) in [5.41, 5.74) is 2.93. The summed E-state index contributed by atoms with van der Waals surface area (Å²) in [5, 5.41) is 12.1. The van der Waals surface area contributed by atoms with Crippen molar-refractivity contribution in [2.24, 2.45) is 0 Å². The summed E-state index contributed by atoms with van der Waals surface area (Å²) in [6, 6.07) is 14.2. The third-order valence-corrected chi connectivity index (χ3v) is 3.18. The maximum atomic E-state index is 12.1. The van der Waals surface area contributed by atoms with Crippen LogP contribution in [0.25, 0.3) is 0 Å². The molecule has 0 fully saturated rings. The Labute approximate surface area is 132 Å². The van der Waals surface area contributed by atoms with E-state index in [-0.39, 0.29) is 12.4 Å². The second-order valence-corrected chi connectivity index (χ2v) is 5.07. The van der Waals surface area contributed by atoms with Gasteiger partial charge in [0.25, 0.3) is 0 Å². The molecule has 0 aromatic heterocycles. The summed E-state index contributed by atoms with van der Waals surface area (Å²) >= 11 is 0. The zero-order valence-electron chi connectivity index (χ0n) is 12.4. The van der Waals surface area contributed by atoms with Crippen molar-refractivity contribution in [3.8, 4) is 5.75 Å². The summed E-state index contributed by atoms with van der Waals surface area (Å²) in [7, 11) is 0. The molecule has 2 N–H and O–H groups in total. The number of anilines is 1. The molecule has 2 rings (SSSR count). The summed E-state index contributed by atoms with van der Waals surface area (Å²) in [6.07, 6.45) is -3.71. The molecule has 0 bridgehead atoms. The Morgan fingerprint density at radius 3 is 2.09 bits per heavy atom. The van der Waals surface area contributed by atoms with Crippen LogP contribution in [0, 0.1) is 0 Å². The summed E-state index contributed by atoms with van der Waals surface area (Å²) in [6.45, 7) is -0.612. The van der Waals surface area contributed by atoms with Crippen LogP contribution >= 0.6 is 0 Å². The van der Waals surface area contributed by atoms with Gasteiger partial charge in [0.1, 0.15) is 5.75 Å². The molecule has 0 atom stereocenters. The van der Waals surface area contributed by atoms with Gasteiger partial charge < -0.3 is 15.2 Å². The van der Waals surface area contributed by atoms with Gasteiger partial charge in [-0.15, -0.1) is 0 Å². The number of ether oxygens (including phenoxy) is 1. The first kappa shape index (κ1) is 17.1. The predicted molar refractivity (Wildman–Crippen MR) is 82.6 cm³/mol.